The summed E-state index contributed by atoms with van der Waals surface area (Å²) in [6.45, 7) is 3.08. The molecule has 1 aliphatic heterocycles. The molecule has 1 fully saturated rings. The minimum absolute atomic E-state index is 0.125. The Hall–Kier alpha value is -2.04. The number of nitrogen functional groups attached to an aromatic ring is 1. The molecule has 5 heteroatoms. The van der Waals surface area contributed by atoms with Gasteiger partial charge in [0.2, 0.25) is 0 Å². The summed E-state index contributed by atoms with van der Waals surface area (Å²) < 4.78 is 5.09. The van der Waals surface area contributed by atoms with E-state index in [2.05, 4.69) is 0 Å². The van der Waals surface area contributed by atoms with Crippen LogP contribution in [0.15, 0.2) is 18.2 Å². The number of ether oxygens (including phenoxy) is 1. The summed E-state index contributed by atoms with van der Waals surface area (Å²) in [5.74, 6) is -0.625. The molecule has 0 aliphatic carbocycles. The van der Waals surface area contributed by atoms with E-state index in [1.807, 2.05) is 0 Å². The number of carbonyl (C=O) groups excluding carboxylic acids is 2. The molecule has 0 radical (unpaired) electrons. The molecular formula is C15H20N2O3. The molecule has 0 aromatic heterocycles. The number of nitrogens with two attached hydrogens (primary N) is 1. The van der Waals surface area contributed by atoms with Crippen LogP contribution in [0.1, 0.15) is 35.2 Å². The van der Waals surface area contributed by atoms with E-state index in [-0.39, 0.29) is 12.5 Å². The van der Waals surface area contributed by atoms with Gasteiger partial charge in [-0.25, -0.2) is 4.79 Å². The number of anilines is 1. The number of carbonyl (C=O) groups is 2. The van der Waals surface area contributed by atoms with E-state index in [0.717, 1.165) is 32.4 Å². The highest BCUT2D eigenvalue weighted by Crippen LogP contribution is 2.16. The highest BCUT2D eigenvalue weighted by molar-refractivity contribution is 5.94. The van der Waals surface area contributed by atoms with E-state index in [9.17, 15) is 9.59 Å². The highest BCUT2D eigenvalue weighted by atomic mass is 16.5. The summed E-state index contributed by atoms with van der Waals surface area (Å²) >= 11 is 0. The van der Waals surface area contributed by atoms with Gasteiger partial charge in [-0.05, 0) is 43.9 Å². The van der Waals surface area contributed by atoms with Gasteiger partial charge in [0.05, 0.1) is 5.56 Å². The minimum atomic E-state index is -0.500. The first-order valence-electron chi connectivity index (χ1n) is 6.89. The second-order valence-corrected chi connectivity index (χ2v) is 5.04. The molecule has 5 nitrogen and oxygen atoms in total. The lowest BCUT2D eigenvalue weighted by Gasteiger charge is -2.26. The lowest BCUT2D eigenvalue weighted by molar-refractivity contribution is -0.135. The van der Waals surface area contributed by atoms with Gasteiger partial charge in [0.15, 0.2) is 6.61 Å². The summed E-state index contributed by atoms with van der Waals surface area (Å²) in [6.07, 6.45) is 3.20. The van der Waals surface area contributed by atoms with Gasteiger partial charge in [0.25, 0.3) is 5.91 Å². The molecule has 2 rings (SSSR count). The number of esters is 1. The van der Waals surface area contributed by atoms with Crippen LogP contribution in [-0.4, -0.2) is 36.5 Å². The maximum atomic E-state index is 12.0. The molecule has 1 aromatic rings. The van der Waals surface area contributed by atoms with Crippen molar-refractivity contribution in [2.24, 2.45) is 0 Å². The van der Waals surface area contributed by atoms with E-state index in [4.69, 9.17) is 10.5 Å². The quantitative estimate of drug-likeness (QED) is 0.674. The van der Waals surface area contributed by atoms with Crippen LogP contribution in [0, 0.1) is 6.92 Å². The Bertz CT molecular complexity index is 508. The Labute approximate surface area is 118 Å². The van der Waals surface area contributed by atoms with Crippen LogP contribution >= 0.6 is 0 Å². The molecule has 0 unspecified atom stereocenters. The standard InChI is InChI=1S/C15H20N2O3/c1-11-12(6-5-7-13(11)16)15(19)20-10-14(18)17-8-3-2-4-9-17/h5-7H,2-4,8-10,16H2,1H3. The minimum Gasteiger partial charge on any atom is -0.452 e. The Morgan fingerprint density at radius 2 is 1.95 bits per heavy atom. The van der Waals surface area contributed by atoms with Crippen molar-refractivity contribution in [3.8, 4) is 0 Å². The summed E-state index contributed by atoms with van der Waals surface area (Å²) in [4.78, 5) is 25.6. The fraction of sp³-hybridized carbons (Fsp3) is 0.467. The average Bonchev–Trinajstić information content (AvgIpc) is 2.48. The van der Waals surface area contributed by atoms with Crippen molar-refractivity contribution in [3.05, 3.63) is 29.3 Å². The van der Waals surface area contributed by atoms with Crippen molar-refractivity contribution < 1.29 is 14.3 Å². The average molecular weight is 276 g/mol. The summed E-state index contributed by atoms with van der Waals surface area (Å²) in [5, 5.41) is 0. The number of benzene rings is 1. The van der Waals surface area contributed by atoms with E-state index >= 15 is 0 Å². The van der Waals surface area contributed by atoms with E-state index in [1.54, 1.807) is 30.0 Å². The third kappa shape index (κ3) is 3.29. The zero-order valence-electron chi connectivity index (χ0n) is 11.7. The van der Waals surface area contributed by atoms with Gasteiger partial charge in [-0.2, -0.15) is 0 Å². The Morgan fingerprint density at radius 1 is 1.25 bits per heavy atom. The number of nitrogens with zero attached hydrogens (tertiary/aromatic N) is 1. The van der Waals surface area contributed by atoms with Gasteiger partial charge in [0, 0.05) is 18.8 Å². The molecule has 20 heavy (non-hydrogen) atoms. The second kappa shape index (κ2) is 6.41. The number of rotatable bonds is 3. The highest BCUT2D eigenvalue weighted by Gasteiger charge is 2.19. The molecule has 0 atom stereocenters. The molecule has 0 saturated carbocycles. The van der Waals surface area contributed by atoms with Gasteiger partial charge in [-0.15, -0.1) is 0 Å². The first-order valence-corrected chi connectivity index (χ1v) is 6.89. The van der Waals surface area contributed by atoms with Crippen molar-refractivity contribution in [1.29, 1.82) is 0 Å². The van der Waals surface area contributed by atoms with Gasteiger partial charge < -0.3 is 15.4 Å². The zero-order valence-corrected chi connectivity index (χ0v) is 11.7. The third-order valence-corrected chi connectivity index (χ3v) is 3.63. The maximum absolute atomic E-state index is 12.0. The van der Waals surface area contributed by atoms with Crippen LogP contribution in [-0.2, 0) is 9.53 Å². The van der Waals surface area contributed by atoms with Crippen LogP contribution in [0.25, 0.3) is 0 Å². The van der Waals surface area contributed by atoms with Crippen molar-refractivity contribution in [1.82, 2.24) is 4.90 Å². The summed E-state index contributed by atoms with van der Waals surface area (Å²) in [5.41, 5.74) is 7.39. The topological polar surface area (TPSA) is 72.6 Å². The van der Waals surface area contributed by atoms with E-state index in [1.165, 1.54) is 0 Å². The van der Waals surface area contributed by atoms with Crippen LogP contribution in [0.2, 0.25) is 0 Å². The fourth-order valence-corrected chi connectivity index (χ4v) is 2.31. The number of likely N-dealkylation sites (tertiary alicyclic amines) is 1. The van der Waals surface area contributed by atoms with Crippen LogP contribution in [0.4, 0.5) is 5.69 Å². The molecule has 0 bridgehead atoms. The molecule has 1 heterocycles. The van der Waals surface area contributed by atoms with Gasteiger partial charge >= 0.3 is 5.97 Å². The fourth-order valence-electron chi connectivity index (χ4n) is 2.31. The summed E-state index contributed by atoms with van der Waals surface area (Å²) in [6, 6.07) is 5.08. The molecule has 1 aromatic carbocycles. The largest absolute Gasteiger partial charge is 0.452 e. The van der Waals surface area contributed by atoms with Crippen molar-refractivity contribution >= 4 is 17.6 Å². The number of hydrogen-bond acceptors (Lipinski definition) is 4. The second-order valence-electron chi connectivity index (χ2n) is 5.04. The Morgan fingerprint density at radius 3 is 2.65 bits per heavy atom. The lowest BCUT2D eigenvalue weighted by atomic mass is 10.1. The number of hydrogen-bond donors (Lipinski definition) is 1. The normalized spacial score (nSPS) is 14.9. The lowest BCUT2D eigenvalue weighted by Crippen LogP contribution is -2.38. The van der Waals surface area contributed by atoms with Crippen molar-refractivity contribution in [3.63, 3.8) is 0 Å². The Balaban J connectivity index is 1.91. The SMILES string of the molecule is Cc1c(N)cccc1C(=O)OCC(=O)N1CCCCC1. The number of amides is 1. The molecular weight excluding hydrogens is 256 g/mol. The van der Waals surface area contributed by atoms with Crippen molar-refractivity contribution in [2.45, 2.75) is 26.2 Å². The van der Waals surface area contributed by atoms with Gasteiger partial charge in [-0.3, -0.25) is 4.79 Å². The van der Waals surface area contributed by atoms with Crippen molar-refractivity contribution in [2.75, 3.05) is 25.4 Å². The predicted octanol–water partition coefficient (Wildman–Crippen LogP) is 1.75. The summed E-state index contributed by atoms with van der Waals surface area (Å²) in [7, 11) is 0. The molecule has 1 saturated heterocycles. The third-order valence-electron chi connectivity index (χ3n) is 3.63. The molecule has 108 valence electrons. The van der Waals surface area contributed by atoms with Crippen LogP contribution < -0.4 is 5.73 Å². The van der Waals surface area contributed by atoms with Crippen LogP contribution in [0.5, 0.6) is 0 Å². The molecule has 2 N–H and O–H groups in total. The predicted molar refractivity (Wildman–Crippen MR) is 76.3 cm³/mol. The Kier molecular flexibility index (Phi) is 4.61. The smallest absolute Gasteiger partial charge is 0.338 e. The monoisotopic (exact) mass is 276 g/mol. The zero-order chi connectivity index (χ0) is 14.5. The molecule has 0 spiro atoms. The first-order chi connectivity index (χ1) is 9.59. The number of piperidine rings is 1. The molecule has 1 amide bonds. The van der Waals surface area contributed by atoms with Crippen LogP contribution in [0.3, 0.4) is 0 Å². The van der Waals surface area contributed by atoms with Gasteiger partial charge in [-0.1, -0.05) is 6.07 Å². The van der Waals surface area contributed by atoms with E-state index in [0.29, 0.717) is 16.8 Å². The van der Waals surface area contributed by atoms with E-state index < -0.39 is 5.97 Å². The molecule has 1 aliphatic rings. The first kappa shape index (κ1) is 14.4. The van der Waals surface area contributed by atoms with Gasteiger partial charge in [0.1, 0.15) is 0 Å². The maximum Gasteiger partial charge on any atom is 0.338 e.